The lowest BCUT2D eigenvalue weighted by Crippen LogP contribution is -2.24. The van der Waals surface area contributed by atoms with Crippen molar-refractivity contribution in [2.75, 3.05) is 0 Å². The molecule has 0 radical (unpaired) electrons. The zero-order valence-corrected chi connectivity index (χ0v) is 14.5. The first-order chi connectivity index (χ1) is 12.7. The van der Waals surface area contributed by atoms with Gasteiger partial charge >= 0.3 is 12.1 Å². The fraction of sp³-hybridized carbons (Fsp3) is 0.200. The normalized spacial score (nSPS) is 11.9. The monoisotopic (exact) mass is 377 g/mol. The van der Waals surface area contributed by atoms with Crippen LogP contribution in [-0.2, 0) is 17.5 Å². The molecule has 0 saturated carbocycles. The second kappa shape index (κ2) is 8.53. The third-order valence-corrected chi connectivity index (χ3v) is 3.93. The number of aliphatic carboxylic acids is 1. The topological polar surface area (TPSA) is 66.4 Å². The molecule has 0 bridgehead atoms. The Balaban J connectivity index is 2.09. The number of rotatable bonds is 6. The summed E-state index contributed by atoms with van der Waals surface area (Å²) in [5.74, 6) is -1.53. The van der Waals surface area contributed by atoms with Crippen molar-refractivity contribution in [3.63, 3.8) is 0 Å². The van der Waals surface area contributed by atoms with Crippen molar-refractivity contribution in [2.24, 2.45) is 0 Å². The Kier molecular flexibility index (Phi) is 6.39. The van der Waals surface area contributed by atoms with Crippen LogP contribution in [0.15, 0.2) is 54.1 Å². The Morgan fingerprint density at radius 3 is 2.26 bits per heavy atom. The first-order valence-corrected chi connectivity index (χ1v) is 8.19. The number of carboxylic acid groups (broad SMARTS) is 1. The van der Waals surface area contributed by atoms with Crippen LogP contribution in [0.1, 0.15) is 40.4 Å². The molecule has 0 aromatic heterocycles. The number of alkyl halides is 3. The Hall–Kier alpha value is -3.09. The van der Waals surface area contributed by atoms with E-state index in [0.717, 1.165) is 6.07 Å². The van der Waals surface area contributed by atoms with E-state index in [1.165, 1.54) is 36.4 Å². The largest absolute Gasteiger partial charge is 0.478 e. The molecule has 0 spiro atoms. The van der Waals surface area contributed by atoms with E-state index in [2.05, 4.69) is 5.32 Å². The van der Waals surface area contributed by atoms with Gasteiger partial charge in [-0.3, -0.25) is 4.79 Å². The molecule has 0 fully saturated rings. The summed E-state index contributed by atoms with van der Waals surface area (Å²) < 4.78 is 38.9. The van der Waals surface area contributed by atoms with Crippen molar-refractivity contribution >= 4 is 18.0 Å². The lowest BCUT2D eigenvalue weighted by atomic mass is 10.1. The van der Waals surface area contributed by atoms with Crippen molar-refractivity contribution in [1.82, 2.24) is 5.32 Å². The maximum atomic E-state index is 13.0. The van der Waals surface area contributed by atoms with Gasteiger partial charge in [-0.25, -0.2) is 4.79 Å². The van der Waals surface area contributed by atoms with Gasteiger partial charge in [-0.2, -0.15) is 13.2 Å². The van der Waals surface area contributed by atoms with Gasteiger partial charge < -0.3 is 10.4 Å². The highest BCUT2D eigenvalue weighted by Gasteiger charge is 2.32. The van der Waals surface area contributed by atoms with E-state index >= 15 is 0 Å². The van der Waals surface area contributed by atoms with Gasteiger partial charge in [0.1, 0.15) is 0 Å². The Morgan fingerprint density at radius 1 is 1.07 bits per heavy atom. The summed E-state index contributed by atoms with van der Waals surface area (Å²) in [4.78, 5) is 23.2. The summed E-state index contributed by atoms with van der Waals surface area (Å²) in [6.45, 7) is 1.47. The molecule has 0 aliphatic carbocycles. The van der Waals surface area contributed by atoms with Crippen LogP contribution in [0, 0.1) is 0 Å². The van der Waals surface area contributed by atoms with Crippen molar-refractivity contribution in [3.8, 4) is 0 Å². The minimum atomic E-state index is -4.49. The summed E-state index contributed by atoms with van der Waals surface area (Å²) in [6.07, 6.45) is -2.63. The molecule has 142 valence electrons. The number of amides is 1. The third kappa shape index (κ3) is 5.44. The number of benzene rings is 2. The fourth-order valence-electron chi connectivity index (χ4n) is 2.48. The van der Waals surface area contributed by atoms with Gasteiger partial charge in [-0.15, -0.1) is 0 Å². The third-order valence-electron chi connectivity index (χ3n) is 3.93. The minimum Gasteiger partial charge on any atom is -0.478 e. The van der Waals surface area contributed by atoms with Crippen molar-refractivity contribution < 1.29 is 27.9 Å². The molecular formula is C20H18F3NO3. The average Bonchev–Trinajstić information content (AvgIpc) is 2.64. The van der Waals surface area contributed by atoms with Gasteiger partial charge in [0.25, 0.3) is 5.91 Å². The van der Waals surface area contributed by atoms with Crippen LogP contribution in [0.2, 0.25) is 0 Å². The minimum absolute atomic E-state index is 0.0213. The molecule has 0 atom stereocenters. The van der Waals surface area contributed by atoms with E-state index in [4.69, 9.17) is 5.11 Å². The van der Waals surface area contributed by atoms with Gasteiger partial charge in [0.2, 0.25) is 0 Å². The Bertz CT molecular complexity index is 856. The number of carboxylic acids is 1. The van der Waals surface area contributed by atoms with E-state index in [-0.39, 0.29) is 23.2 Å². The Labute approximate surface area is 154 Å². The molecule has 0 aliphatic heterocycles. The smallest absolute Gasteiger partial charge is 0.416 e. The second-order valence-electron chi connectivity index (χ2n) is 5.79. The highest BCUT2D eigenvalue weighted by Crippen LogP contribution is 2.31. The zero-order valence-electron chi connectivity index (χ0n) is 14.5. The molecular weight excluding hydrogens is 359 g/mol. The lowest BCUT2D eigenvalue weighted by Gasteiger charge is -2.13. The molecule has 0 aliphatic rings. The summed E-state index contributed by atoms with van der Waals surface area (Å²) in [6, 6.07) is 11.2. The van der Waals surface area contributed by atoms with E-state index in [9.17, 15) is 22.8 Å². The van der Waals surface area contributed by atoms with Crippen LogP contribution in [0.25, 0.3) is 6.08 Å². The van der Waals surface area contributed by atoms with E-state index in [0.29, 0.717) is 12.0 Å². The van der Waals surface area contributed by atoms with Crippen molar-refractivity contribution in [1.29, 1.82) is 0 Å². The van der Waals surface area contributed by atoms with Crippen LogP contribution >= 0.6 is 0 Å². The highest BCUT2D eigenvalue weighted by atomic mass is 19.4. The predicted molar refractivity (Wildman–Crippen MR) is 95.0 cm³/mol. The van der Waals surface area contributed by atoms with Gasteiger partial charge in [-0.05, 0) is 41.8 Å². The molecule has 0 heterocycles. The van der Waals surface area contributed by atoms with E-state index < -0.39 is 23.6 Å². The van der Waals surface area contributed by atoms with Gasteiger partial charge in [0.15, 0.2) is 0 Å². The van der Waals surface area contributed by atoms with Crippen molar-refractivity contribution in [2.45, 2.75) is 26.1 Å². The van der Waals surface area contributed by atoms with Crippen molar-refractivity contribution in [3.05, 3.63) is 76.4 Å². The van der Waals surface area contributed by atoms with E-state index in [1.807, 2.05) is 0 Å². The standard InChI is InChI=1S/C20H18F3NO3/c1-2-14(19(26)27)11-13-7-9-15(10-8-13)18(25)24-12-16-5-3-4-6-17(16)20(21,22)23/h3-11H,2,12H2,1H3,(H,24,25)(H,26,27)/b14-11+. The van der Waals surface area contributed by atoms with Crippen LogP contribution in [0.3, 0.4) is 0 Å². The molecule has 0 saturated heterocycles. The number of carbonyl (C=O) groups excluding carboxylic acids is 1. The van der Waals surface area contributed by atoms with Gasteiger partial charge in [-0.1, -0.05) is 37.3 Å². The number of hydrogen-bond acceptors (Lipinski definition) is 2. The number of nitrogens with one attached hydrogen (secondary N) is 1. The molecule has 0 unspecified atom stereocenters. The number of hydrogen-bond donors (Lipinski definition) is 2. The summed E-state index contributed by atoms with van der Waals surface area (Å²) in [5.41, 5.74) is 0.313. The fourth-order valence-corrected chi connectivity index (χ4v) is 2.48. The summed E-state index contributed by atoms with van der Waals surface area (Å²) in [7, 11) is 0. The van der Waals surface area contributed by atoms with Gasteiger partial charge in [0, 0.05) is 17.7 Å². The predicted octanol–water partition coefficient (Wildman–Crippen LogP) is 4.51. The first kappa shape index (κ1) is 20.2. The maximum Gasteiger partial charge on any atom is 0.416 e. The van der Waals surface area contributed by atoms with E-state index in [1.54, 1.807) is 19.1 Å². The highest BCUT2D eigenvalue weighted by molar-refractivity contribution is 5.95. The summed E-state index contributed by atoms with van der Waals surface area (Å²) in [5, 5.41) is 11.5. The van der Waals surface area contributed by atoms with Crippen LogP contribution in [-0.4, -0.2) is 17.0 Å². The SMILES string of the molecule is CC/C(=C\c1ccc(C(=O)NCc2ccccc2C(F)(F)F)cc1)C(=O)O. The van der Waals surface area contributed by atoms with Crippen LogP contribution < -0.4 is 5.32 Å². The average molecular weight is 377 g/mol. The number of carbonyl (C=O) groups is 2. The molecule has 2 rings (SSSR count). The molecule has 4 nitrogen and oxygen atoms in total. The second-order valence-corrected chi connectivity index (χ2v) is 5.79. The molecule has 7 heteroatoms. The zero-order chi connectivity index (χ0) is 20.0. The first-order valence-electron chi connectivity index (χ1n) is 8.19. The maximum absolute atomic E-state index is 13.0. The molecule has 2 aromatic rings. The van der Waals surface area contributed by atoms with Crippen LogP contribution in [0.4, 0.5) is 13.2 Å². The summed E-state index contributed by atoms with van der Waals surface area (Å²) >= 11 is 0. The Morgan fingerprint density at radius 2 is 1.70 bits per heavy atom. The molecule has 2 N–H and O–H groups in total. The van der Waals surface area contributed by atoms with Gasteiger partial charge in [0.05, 0.1) is 5.56 Å². The molecule has 2 aromatic carbocycles. The lowest BCUT2D eigenvalue weighted by molar-refractivity contribution is -0.138. The quantitative estimate of drug-likeness (QED) is 0.728. The molecule has 27 heavy (non-hydrogen) atoms. The molecule has 1 amide bonds. The van der Waals surface area contributed by atoms with Crippen LogP contribution in [0.5, 0.6) is 0 Å². The number of halogens is 3.